The van der Waals surface area contributed by atoms with Crippen LogP contribution in [-0.4, -0.2) is 107 Å². The number of phosphoric ester groups is 2. The summed E-state index contributed by atoms with van der Waals surface area (Å²) in [6, 6.07) is 0.919. The highest BCUT2D eigenvalue weighted by atomic mass is 31.3. The molecule has 0 aromatic carbocycles. The van der Waals surface area contributed by atoms with Crippen molar-refractivity contribution in [2.24, 2.45) is 0 Å². The van der Waals surface area contributed by atoms with E-state index in [1.165, 1.54) is 0 Å². The summed E-state index contributed by atoms with van der Waals surface area (Å²) in [6.45, 7) is -2.01. The lowest BCUT2D eigenvalue weighted by molar-refractivity contribution is -0.265. The summed E-state index contributed by atoms with van der Waals surface area (Å²) < 4.78 is 61.7. The minimum absolute atomic E-state index is 0.711. The van der Waals surface area contributed by atoms with Crippen LogP contribution in [0.25, 0.3) is 0 Å². The van der Waals surface area contributed by atoms with Crippen LogP contribution in [0, 0.1) is 0 Å². The third kappa shape index (κ3) is 6.53. The van der Waals surface area contributed by atoms with Crippen molar-refractivity contribution in [3.05, 3.63) is 33.1 Å². The quantitative estimate of drug-likeness (QED) is 0.133. The van der Waals surface area contributed by atoms with E-state index in [1.54, 1.807) is 0 Å². The number of hydrogen-bond donors (Lipinski definition) is 8. The van der Waals surface area contributed by atoms with E-state index in [0.717, 1.165) is 12.3 Å². The maximum atomic E-state index is 14.1. The van der Waals surface area contributed by atoms with E-state index in [2.05, 4.69) is 13.4 Å². The van der Waals surface area contributed by atoms with E-state index >= 15 is 0 Å². The zero-order chi connectivity index (χ0) is 27.0. The van der Waals surface area contributed by atoms with E-state index in [9.17, 15) is 53.3 Å². The number of nitrogens with zero attached hydrogens (tertiary/aromatic N) is 1. The molecule has 0 bridgehead atoms. The maximum absolute atomic E-state index is 14.1. The van der Waals surface area contributed by atoms with Crippen LogP contribution in [-0.2, 0) is 32.0 Å². The molecule has 1 aromatic rings. The second-order valence-electron chi connectivity index (χ2n) is 7.63. The average Bonchev–Trinajstić information content (AvgIpc) is 3.06. The van der Waals surface area contributed by atoms with Gasteiger partial charge in [-0.15, -0.1) is 0 Å². The predicted molar refractivity (Wildman–Crippen MR) is 108 cm³/mol. The summed E-state index contributed by atoms with van der Waals surface area (Å²) in [5, 5.41) is 48.5. The third-order valence-electron chi connectivity index (χ3n) is 5.11. The SMILES string of the molecule is O=c1ccn([C@@H]2O[C@H](COP(=O)(O)OP(=O)(O)OC3OC(CO)C(O)C(O)C3F)[C@@H](O)[C@H]2O)c(=O)[nH]1. The molecule has 0 saturated carbocycles. The summed E-state index contributed by atoms with van der Waals surface area (Å²) in [7, 11) is -11.2. The monoisotopic (exact) mass is 568 g/mol. The van der Waals surface area contributed by atoms with Gasteiger partial charge in [0, 0.05) is 12.3 Å². The van der Waals surface area contributed by atoms with Gasteiger partial charge in [0.25, 0.3) is 5.56 Å². The molecule has 2 aliphatic rings. The van der Waals surface area contributed by atoms with Gasteiger partial charge in [-0.2, -0.15) is 4.31 Å². The lowest BCUT2D eigenvalue weighted by atomic mass is 10.0. The van der Waals surface area contributed by atoms with Gasteiger partial charge in [0.1, 0.15) is 36.6 Å². The van der Waals surface area contributed by atoms with Crippen LogP contribution in [0.5, 0.6) is 0 Å². The van der Waals surface area contributed by atoms with Crippen LogP contribution in [0.4, 0.5) is 4.39 Å². The van der Waals surface area contributed by atoms with Crippen molar-refractivity contribution >= 4 is 15.6 Å². The normalized spacial score (nSPS) is 38.4. The van der Waals surface area contributed by atoms with Gasteiger partial charge in [-0.05, 0) is 0 Å². The predicted octanol–water partition coefficient (Wildman–Crippen LogP) is -3.82. The number of halogens is 1. The molecule has 206 valence electrons. The van der Waals surface area contributed by atoms with Crippen molar-refractivity contribution in [1.29, 1.82) is 0 Å². The fraction of sp³-hybridized carbons (Fsp3) is 0.733. The Morgan fingerprint density at radius 1 is 1.00 bits per heavy atom. The van der Waals surface area contributed by atoms with Crippen molar-refractivity contribution in [1.82, 2.24) is 9.55 Å². The fourth-order valence-electron chi connectivity index (χ4n) is 3.33. The van der Waals surface area contributed by atoms with Crippen LogP contribution in [0.3, 0.4) is 0 Å². The molecule has 7 unspecified atom stereocenters. The first-order chi connectivity index (χ1) is 16.7. The first kappa shape index (κ1) is 29.2. The van der Waals surface area contributed by atoms with Crippen LogP contribution in [0.2, 0.25) is 0 Å². The molecule has 2 aliphatic heterocycles. The summed E-state index contributed by atoms with van der Waals surface area (Å²) in [5.74, 6) is 0. The molecule has 2 fully saturated rings. The van der Waals surface area contributed by atoms with Crippen LogP contribution in [0.15, 0.2) is 21.9 Å². The first-order valence-electron chi connectivity index (χ1n) is 9.95. The molecule has 18 nitrogen and oxygen atoms in total. The standard InChI is InChI=1S/C15H23FN2O16P2/c16-8-11(23)9(21)5(3-19)32-14(8)33-36(28,29)34-35(26,27)30-4-6-10(22)12(24)13(31-6)18-2-1-7(20)17-15(18)25/h1-2,5-6,8-14,19,21-24H,3-4H2,(H,26,27)(H,28,29)(H,17,20,25)/t5?,6-,8?,9?,10-,11?,12-,13-,14?/m1/s1. The smallest absolute Gasteiger partial charge is 0.394 e. The van der Waals surface area contributed by atoms with Gasteiger partial charge in [-0.3, -0.25) is 23.4 Å². The highest BCUT2D eigenvalue weighted by Gasteiger charge is 2.50. The number of nitrogens with one attached hydrogen (secondary N) is 1. The highest BCUT2D eigenvalue weighted by molar-refractivity contribution is 7.61. The van der Waals surface area contributed by atoms with Crippen molar-refractivity contribution in [2.45, 2.75) is 55.3 Å². The lowest BCUT2D eigenvalue weighted by Crippen LogP contribution is -2.57. The number of aliphatic hydroxyl groups is 5. The summed E-state index contributed by atoms with van der Waals surface area (Å²) in [4.78, 5) is 44.4. The van der Waals surface area contributed by atoms with Gasteiger partial charge in [0.05, 0.1) is 13.2 Å². The van der Waals surface area contributed by atoms with E-state index in [4.69, 9.17) is 14.6 Å². The van der Waals surface area contributed by atoms with Gasteiger partial charge >= 0.3 is 21.3 Å². The highest BCUT2D eigenvalue weighted by Crippen LogP contribution is 2.61. The molecule has 2 saturated heterocycles. The second kappa shape index (κ2) is 11.1. The van der Waals surface area contributed by atoms with E-state index in [0.29, 0.717) is 4.57 Å². The zero-order valence-electron chi connectivity index (χ0n) is 17.8. The Bertz CT molecular complexity index is 1130. The molecule has 1 aromatic heterocycles. The summed E-state index contributed by atoms with van der Waals surface area (Å²) in [6.07, 6.45) is -16.6. The number of aromatic amines is 1. The Labute approximate surface area is 199 Å². The Balaban J connectivity index is 1.61. The molecule has 36 heavy (non-hydrogen) atoms. The third-order valence-corrected chi connectivity index (χ3v) is 7.71. The van der Waals surface area contributed by atoms with Gasteiger partial charge in [-0.25, -0.2) is 18.3 Å². The molecule has 21 heteroatoms. The maximum Gasteiger partial charge on any atom is 0.483 e. The summed E-state index contributed by atoms with van der Waals surface area (Å²) in [5.41, 5.74) is -1.76. The number of aliphatic hydroxyl groups excluding tert-OH is 5. The Morgan fingerprint density at radius 3 is 2.25 bits per heavy atom. The molecule has 8 N–H and O–H groups in total. The first-order valence-corrected chi connectivity index (χ1v) is 12.9. The van der Waals surface area contributed by atoms with Crippen LogP contribution in [0.1, 0.15) is 6.23 Å². The Kier molecular flexibility index (Phi) is 9.02. The topological polar surface area (TPSA) is 277 Å². The Hall–Kier alpha value is -1.41. The molecule has 0 aliphatic carbocycles. The lowest BCUT2D eigenvalue weighted by Gasteiger charge is -2.38. The van der Waals surface area contributed by atoms with Crippen molar-refractivity contribution in [2.75, 3.05) is 13.2 Å². The average molecular weight is 568 g/mol. The Morgan fingerprint density at radius 2 is 1.64 bits per heavy atom. The van der Waals surface area contributed by atoms with Gasteiger partial charge in [0.15, 0.2) is 12.4 Å². The number of phosphoric acid groups is 2. The number of hydrogen-bond acceptors (Lipinski definition) is 14. The minimum Gasteiger partial charge on any atom is -0.394 e. The minimum atomic E-state index is -5.67. The molecule has 0 radical (unpaired) electrons. The van der Waals surface area contributed by atoms with Crippen molar-refractivity contribution in [3.8, 4) is 0 Å². The fourth-order valence-corrected chi connectivity index (χ4v) is 5.48. The number of H-pyrrole nitrogens is 1. The number of ether oxygens (including phenoxy) is 2. The van der Waals surface area contributed by atoms with Crippen molar-refractivity contribution in [3.63, 3.8) is 0 Å². The van der Waals surface area contributed by atoms with Crippen molar-refractivity contribution < 1.29 is 71.7 Å². The second-order valence-corrected chi connectivity index (χ2v) is 10.6. The number of rotatable bonds is 9. The van der Waals surface area contributed by atoms with Crippen LogP contribution < -0.4 is 11.2 Å². The van der Waals surface area contributed by atoms with E-state index in [1.807, 2.05) is 4.98 Å². The number of aromatic nitrogens is 2. The molecular formula is C15H23FN2O16P2. The van der Waals surface area contributed by atoms with Crippen LogP contribution >= 0.6 is 15.6 Å². The number of alkyl halides is 1. The van der Waals surface area contributed by atoms with Gasteiger partial charge in [0.2, 0.25) is 6.29 Å². The van der Waals surface area contributed by atoms with E-state index in [-0.39, 0.29) is 0 Å². The molecule has 3 rings (SSSR count). The molecular weight excluding hydrogens is 545 g/mol. The summed E-state index contributed by atoms with van der Waals surface area (Å²) >= 11 is 0. The zero-order valence-corrected chi connectivity index (χ0v) is 19.6. The molecule has 0 spiro atoms. The molecule has 3 heterocycles. The molecule has 11 atom stereocenters. The van der Waals surface area contributed by atoms with Gasteiger partial charge < -0.3 is 44.8 Å². The van der Waals surface area contributed by atoms with E-state index < -0.39 is 95.4 Å². The molecule has 0 amide bonds. The largest absolute Gasteiger partial charge is 0.483 e. The van der Waals surface area contributed by atoms with Gasteiger partial charge in [-0.1, -0.05) is 0 Å².